The van der Waals surface area contributed by atoms with Gasteiger partial charge in [0.25, 0.3) is 0 Å². The van der Waals surface area contributed by atoms with Gasteiger partial charge in [-0.25, -0.2) is 9.09 Å². The predicted molar refractivity (Wildman–Crippen MR) is 128 cm³/mol. The molecule has 0 heterocycles. The van der Waals surface area contributed by atoms with E-state index in [0.717, 1.165) is 49.7 Å². The van der Waals surface area contributed by atoms with Crippen LogP contribution in [0.5, 0.6) is 11.5 Å². The molecule has 32 heavy (non-hydrogen) atoms. The fraction of sp³-hybridized carbons (Fsp3) is 0.583. The number of ether oxygens (including phenoxy) is 1. The molecule has 0 radical (unpaired) electrons. The molecule has 0 fully saturated rings. The van der Waals surface area contributed by atoms with Crippen LogP contribution in [0.3, 0.4) is 0 Å². The molecule has 1 aromatic rings. The van der Waals surface area contributed by atoms with Crippen LogP contribution in [0.15, 0.2) is 35.9 Å². The largest absolute Gasteiger partial charge is 0.507 e. The summed E-state index contributed by atoms with van der Waals surface area (Å²) in [5, 5.41) is 11.1. The molecule has 0 saturated heterocycles. The molecular weight excluding hydrogens is 429 g/mol. The van der Waals surface area contributed by atoms with E-state index in [1.54, 1.807) is 6.07 Å². The quantitative estimate of drug-likeness (QED) is 0.133. The molecule has 1 aliphatic carbocycles. The van der Waals surface area contributed by atoms with E-state index in [1.807, 2.05) is 13.0 Å². The first-order chi connectivity index (χ1) is 14.3. The molecule has 7 nitrogen and oxygen atoms in total. The molecule has 0 bridgehead atoms. The van der Waals surface area contributed by atoms with Crippen molar-refractivity contribution in [2.45, 2.75) is 84.8 Å². The number of unbranched alkanes of at least 4 members (excludes halogenated alkanes) is 2. The standard InChI is InChI=1S/C24H37O6P.H3N/c1-7-8-9-10-18-14-21(25)23(20-13-17(4)11-12-19(20)16(2)3)22(15-18)29-24(5,6)30-31(26,27)28;/h13-15,19-20,25H,2,7-12H2,1,3-6H3,(H2,26,27,28);1H3. The number of aryl methyl sites for hydroxylation is 1. The van der Waals surface area contributed by atoms with Crippen LogP contribution >= 0.6 is 7.82 Å². The van der Waals surface area contributed by atoms with Crippen molar-refractivity contribution in [3.63, 3.8) is 0 Å². The number of phenolic OH excluding ortho intramolecular Hbond substituents is 1. The van der Waals surface area contributed by atoms with Gasteiger partial charge in [-0.05, 0) is 63.1 Å². The lowest BCUT2D eigenvalue weighted by Crippen LogP contribution is -2.31. The Hall–Kier alpha value is -1.63. The average Bonchev–Trinajstić information content (AvgIpc) is 2.58. The minimum atomic E-state index is -4.77. The molecule has 0 aliphatic heterocycles. The Bertz CT molecular complexity index is 873. The highest BCUT2D eigenvalue weighted by Crippen LogP contribution is 2.49. The molecule has 8 heteroatoms. The van der Waals surface area contributed by atoms with Gasteiger partial charge in [-0.15, -0.1) is 0 Å². The van der Waals surface area contributed by atoms with Crippen LogP contribution in [-0.4, -0.2) is 20.7 Å². The highest BCUT2D eigenvalue weighted by Gasteiger charge is 2.35. The van der Waals surface area contributed by atoms with Crippen LogP contribution in [0.2, 0.25) is 0 Å². The zero-order valence-corrected chi connectivity index (χ0v) is 21.0. The number of aromatic hydroxyl groups is 1. The fourth-order valence-electron chi connectivity index (χ4n) is 4.29. The topological polar surface area (TPSA) is 131 Å². The van der Waals surface area contributed by atoms with Crippen LogP contribution in [-0.2, 0) is 15.5 Å². The van der Waals surface area contributed by atoms with Crippen LogP contribution in [0.4, 0.5) is 0 Å². The fourth-order valence-corrected chi connectivity index (χ4v) is 4.90. The third-order valence-corrected chi connectivity index (χ3v) is 6.33. The summed E-state index contributed by atoms with van der Waals surface area (Å²) in [6, 6.07) is 3.64. The number of phenols is 1. The second-order valence-corrected chi connectivity index (χ2v) is 10.3. The van der Waals surface area contributed by atoms with Crippen molar-refractivity contribution < 1.29 is 28.7 Å². The lowest BCUT2D eigenvalue weighted by atomic mass is 9.73. The maximum Gasteiger partial charge on any atom is 0.472 e. The molecule has 2 unspecified atom stereocenters. The van der Waals surface area contributed by atoms with E-state index in [9.17, 15) is 19.5 Å². The van der Waals surface area contributed by atoms with Gasteiger partial charge in [0.2, 0.25) is 5.79 Å². The monoisotopic (exact) mass is 469 g/mol. The summed E-state index contributed by atoms with van der Waals surface area (Å²) in [6.07, 6.45) is 7.94. The number of benzene rings is 1. The smallest absolute Gasteiger partial charge is 0.472 e. The Kier molecular flexibility index (Phi) is 10.2. The summed E-state index contributed by atoms with van der Waals surface area (Å²) in [5.41, 5.74) is 3.77. The molecule has 6 N–H and O–H groups in total. The van der Waals surface area contributed by atoms with Crippen molar-refractivity contribution in [1.82, 2.24) is 6.15 Å². The Morgan fingerprint density at radius 2 is 1.94 bits per heavy atom. The maximum atomic E-state index is 11.4. The first kappa shape index (κ1) is 28.4. The first-order valence-electron chi connectivity index (χ1n) is 11.0. The second-order valence-electron chi connectivity index (χ2n) is 9.10. The van der Waals surface area contributed by atoms with E-state index in [1.165, 1.54) is 19.4 Å². The van der Waals surface area contributed by atoms with Crippen molar-refractivity contribution in [1.29, 1.82) is 0 Å². The second kappa shape index (κ2) is 11.5. The molecule has 182 valence electrons. The first-order valence-corrected chi connectivity index (χ1v) is 12.5. The molecule has 0 amide bonds. The van der Waals surface area contributed by atoms with Gasteiger partial charge in [-0.3, -0.25) is 0 Å². The number of phosphoric acid groups is 1. The van der Waals surface area contributed by atoms with Gasteiger partial charge >= 0.3 is 7.82 Å². The highest BCUT2D eigenvalue weighted by atomic mass is 31.2. The summed E-state index contributed by atoms with van der Waals surface area (Å²) >= 11 is 0. The molecule has 2 atom stereocenters. The van der Waals surface area contributed by atoms with Gasteiger partial charge in [0.1, 0.15) is 11.5 Å². The summed E-state index contributed by atoms with van der Waals surface area (Å²) in [7, 11) is -4.77. The van der Waals surface area contributed by atoms with E-state index in [2.05, 4.69) is 26.5 Å². The number of phosphoric ester groups is 1. The molecule has 0 aromatic heterocycles. The average molecular weight is 470 g/mol. The minimum absolute atomic E-state index is 0. The van der Waals surface area contributed by atoms with Crippen molar-refractivity contribution in [3.05, 3.63) is 47.1 Å². The Morgan fingerprint density at radius 3 is 2.50 bits per heavy atom. The van der Waals surface area contributed by atoms with Gasteiger partial charge < -0.3 is 25.8 Å². The lowest BCUT2D eigenvalue weighted by Gasteiger charge is -2.34. The van der Waals surface area contributed by atoms with Gasteiger partial charge in [-0.2, -0.15) is 0 Å². The number of allylic oxidation sites excluding steroid dienone is 3. The highest BCUT2D eigenvalue weighted by molar-refractivity contribution is 7.46. The SMILES string of the molecule is C=C(C)C1CCC(C)=CC1c1c(O)cc(CCCCC)cc1OC(C)(C)OP(=O)(O)O.N. The molecule has 0 spiro atoms. The van der Waals surface area contributed by atoms with Crippen LogP contribution in [0.1, 0.15) is 83.8 Å². The molecule has 1 aromatic carbocycles. The van der Waals surface area contributed by atoms with E-state index < -0.39 is 13.6 Å². The summed E-state index contributed by atoms with van der Waals surface area (Å²) in [6.45, 7) is 13.2. The summed E-state index contributed by atoms with van der Waals surface area (Å²) in [5.74, 6) is -1.09. The van der Waals surface area contributed by atoms with Gasteiger partial charge in [-0.1, -0.05) is 43.6 Å². The third-order valence-electron chi connectivity index (χ3n) is 5.66. The predicted octanol–water partition coefficient (Wildman–Crippen LogP) is 6.53. The van der Waals surface area contributed by atoms with Crippen molar-refractivity contribution in [2.24, 2.45) is 5.92 Å². The van der Waals surface area contributed by atoms with Crippen LogP contribution < -0.4 is 10.9 Å². The lowest BCUT2D eigenvalue weighted by molar-refractivity contribution is -0.0966. The number of hydrogen-bond donors (Lipinski definition) is 4. The minimum Gasteiger partial charge on any atom is -0.507 e. The molecule has 2 rings (SSSR count). The zero-order chi connectivity index (χ0) is 23.4. The van der Waals surface area contributed by atoms with Gasteiger partial charge in [0.05, 0.1) is 0 Å². The number of rotatable bonds is 10. The molecule has 0 saturated carbocycles. The maximum absolute atomic E-state index is 11.4. The third kappa shape index (κ3) is 8.05. The van der Waals surface area contributed by atoms with Crippen molar-refractivity contribution in [3.8, 4) is 11.5 Å². The van der Waals surface area contributed by atoms with E-state index in [0.29, 0.717) is 11.3 Å². The van der Waals surface area contributed by atoms with E-state index in [-0.39, 0.29) is 23.7 Å². The Balaban J connectivity index is 0.00000512. The Morgan fingerprint density at radius 1 is 1.28 bits per heavy atom. The van der Waals surface area contributed by atoms with E-state index >= 15 is 0 Å². The van der Waals surface area contributed by atoms with Gasteiger partial charge in [0, 0.05) is 25.3 Å². The van der Waals surface area contributed by atoms with E-state index in [4.69, 9.17) is 9.26 Å². The molecular formula is C24H40NO6P. The summed E-state index contributed by atoms with van der Waals surface area (Å²) < 4.78 is 22.3. The Labute approximate surface area is 192 Å². The van der Waals surface area contributed by atoms with Crippen molar-refractivity contribution >= 4 is 7.82 Å². The molecule has 1 aliphatic rings. The zero-order valence-electron chi connectivity index (χ0n) is 20.1. The van der Waals surface area contributed by atoms with Gasteiger partial charge in [0.15, 0.2) is 0 Å². The van der Waals surface area contributed by atoms with Crippen LogP contribution in [0.25, 0.3) is 0 Å². The van der Waals surface area contributed by atoms with Crippen molar-refractivity contribution in [2.75, 3.05) is 0 Å². The summed E-state index contributed by atoms with van der Waals surface area (Å²) in [4.78, 5) is 18.6. The van der Waals surface area contributed by atoms with Crippen LogP contribution in [0, 0.1) is 5.92 Å². The number of hydrogen-bond acceptors (Lipinski definition) is 5. The normalized spacial score (nSPS) is 19.2.